The summed E-state index contributed by atoms with van der Waals surface area (Å²) in [6, 6.07) is 3.55. The number of piperidine rings is 1. The quantitative estimate of drug-likeness (QED) is 0.759. The van der Waals surface area contributed by atoms with Crippen molar-refractivity contribution in [1.82, 2.24) is 9.88 Å². The molecule has 1 aliphatic rings. The predicted octanol–water partition coefficient (Wildman–Crippen LogP) is 1.31. The maximum atomic E-state index is 12.2. The van der Waals surface area contributed by atoms with Gasteiger partial charge in [0.1, 0.15) is 0 Å². The maximum absolute atomic E-state index is 12.2. The molecule has 0 bridgehead atoms. The van der Waals surface area contributed by atoms with E-state index in [1.807, 2.05) is 4.90 Å². The lowest BCUT2D eigenvalue weighted by Crippen LogP contribution is -2.48. The van der Waals surface area contributed by atoms with E-state index in [2.05, 4.69) is 4.98 Å². The van der Waals surface area contributed by atoms with Crippen molar-refractivity contribution in [2.24, 2.45) is 0 Å². The molecule has 2 heterocycles. The first-order valence-electron chi connectivity index (χ1n) is 6.00. The van der Waals surface area contributed by atoms with Crippen molar-refractivity contribution in [1.29, 1.82) is 0 Å². The highest BCUT2D eigenvalue weighted by Crippen LogP contribution is 2.26. The number of nitrogens with zero attached hydrogens (tertiary/aromatic N) is 2. The summed E-state index contributed by atoms with van der Waals surface area (Å²) < 4.78 is 10.8. The van der Waals surface area contributed by atoms with Gasteiger partial charge in [0.05, 0.1) is 5.56 Å². The standard InChI is InChI=1S/C13H18N2O3/c1-17-13(18-2)5-8-15(9-6-13)12(16)11-4-3-7-14-10-11/h3-4,7,10H,5-6,8-9H2,1-2H3. The van der Waals surface area contributed by atoms with Crippen LogP contribution in [0, 0.1) is 0 Å². The number of aromatic nitrogens is 1. The minimum atomic E-state index is -0.536. The van der Waals surface area contributed by atoms with Gasteiger partial charge in [-0.2, -0.15) is 0 Å². The number of methoxy groups -OCH3 is 2. The van der Waals surface area contributed by atoms with E-state index < -0.39 is 5.79 Å². The van der Waals surface area contributed by atoms with Gasteiger partial charge in [-0.15, -0.1) is 0 Å². The van der Waals surface area contributed by atoms with Crippen LogP contribution in [0.25, 0.3) is 0 Å². The van der Waals surface area contributed by atoms with E-state index in [0.717, 1.165) is 0 Å². The molecule has 0 N–H and O–H groups in total. The number of carbonyl (C=O) groups is 1. The molecule has 0 unspecified atom stereocenters. The van der Waals surface area contributed by atoms with Gasteiger partial charge in [0, 0.05) is 52.5 Å². The average Bonchev–Trinajstić information content (AvgIpc) is 2.47. The van der Waals surface area contributed by atoms with Crippen LogP contribution in [0.5, 0.6) is 0 Å². The SMILES string of the molecule is COC1(OC)CCN(C(=O)c2cccnc2)CC1. The molecule has 1 fully saturated rings. The Labute approximate surface area is 107 Å². The van der Waals surface area contributed by atoms with Crippen LogP contribution in [0.1, 0.15) is 23.2 Å². The summed E-state index contributed by atoms with van der Waals surface area (Å²) in [7, 11) is 3.28. The Morgan fingerprint density at radius 1 is 1.33 bits per heavy atom. The molecule has 18 heavy (non-hydrogen) atoms. The number of rotatable bonds is 3. The van der Waals surface area contributed by atoms with Crippen molar-refractivity contribution in [2.75, 3.05) is 27.3 Å². The van der Waals surface area contributed by atoms with Crippen LogP contribution in [0.3, 0.4) is 0 Å². The normalized spacial score (nSPS) is 18.7. The fourth-order valence-electron chi connectivity index (χ4n) is 2.21. The van der Waals surface area contributed by atoms with Gasteiger partial charge in [0.15, 0.2) is 5.79 Å². The monoisotopic (exact) mass is 250 g/mol. The van der Waals surface area contributed by atoms with Crippen molar-refractivity contribution in [3.05, 3.63) is 30.1 Å². The largest absolute Gasteiger partial charge is 0.353 e. The highest BCUT2D eigenvalue weighted by atomic mass is 16.7. The van der Waals surface area contributed by atoms with E-state index in [4.69, 9.17) is 9.47 Å². The summed E-state index contributed by atoms with van der Waals surface area (Å²) >= 11 is 0. The number of hydrogen-bond acceptors (Lipinski definition) is 4. The minimum absolute atomic E-state index is 0.0175. The number of amides is 1. The number of carbonyl (C=O) groups excluding carboxylic acids is 1. The van der Waals surface area contributed by atoms with Crippen molar-refractivity contribution >= 4 is 5.91 Å². The van der Waals surface area contributed by atoms with Crippen LogP contribution >= 0.6 is 0 Å². The van der Waals surface area contributed by atoms with E-state index in [-0.39, 0.29) is 5.91 Å². The zero-order valence-electron chi connectivity index (χ0n) is 10.8. The molecule has 5 heteroatoms. The van der Waals surface area contributed by atoms with Crippen molar-refractivity contribution in [3.63, 3.8) is 0 Å². The van der Waals surface area contributed by atoms with Crippen LogP contribution in [-0.2, 0) is 9.47 Å². The average molecular weight is 250 g/mol. The maximum Gasteiger partial charge on any atom is 0.255 e. The van der Waals surface area contributed by atoms with Crippen LogP contribution < -0.4 is 0 Å². The third-order valence-corrected chi connectivity index (χ3v) is 3.46. The van der Waals surface area contributed by atoms with E-state index in [1.165, 1.54) is 0 Å². The van der Waals surface area contributed by atoms with Gasteiger partial charge >= 0.3 is 0 Å². The molecule has 1 aromatic rings. The fraction of sp³-hybridized carbons (Fsp3) is 0.538. The molecule has 1 saturated heterocycles. The molecule has 1 aliphatic heterocycles. The Hall–Kier alpha value is -1.46. The first-order chi connectivity index (χ1) is 8.71. The molecule has 0 spiro atoms. The van der Waals surface area contributed by atoms with Gasteiger partial charge in [0.25, 0.3) is 5.91 Å². The van der Waals surface area contributed by atoms with Gasteiger partial charge in [-0.3, -0.25) is 9.78 Å². The van der Waals surface area contributed by atoms with Crippen molar-refractivity contribution in [3.8, 4) is 0 Å². The molecule has 0 aromatic carbocycles. The van der Waals surface area contributed by atoms with Gasteiger partial charge < -0.3 is 14.4 Å². The van der Waals surface area contributed by atoms with Gasteiger partial charge in [0.2, 0.25) is 0 Å². The van der Waals surface area contributed by atoms with E-state index in [1.54, 1.807) is 38.7 Å². The van der Waals surface area contributed by atoms with Crippen molar-refractivity contribution < 1.29 is 14.3 Å². The third-order valence-electron chi connectivity index (χ3n) is 3.46. The summed E-state index contributed by atoms with van der Waals surface area (Å²) in [5.41, 5.74) is 0.625. The lowest BCUT2D eigenvalue weighted by atomic mass is 10.0. The van der Waals surface area contributed by atoms with Crippen LogP contribution in [0.15, 0.2) is 24.5 Å². The Bertz CT molecular complexity index is 394. The molecule has 98 valence electrons. The van der Waals surface area contributed by atoms with Crippen LogP contribution in [0.2, 0.25) is 0 Å². The van der Waals surface area contributed by atoms with Gasteiger partial charge in [-0.25, -0.2) is 0 Å². The van der Waals surface area contributed by atoms with Crippen molar-refractivity contribution in [2.45, 2.75) is 18.6 Å². The Kier molecular flexibility index (Phi) is 3.93. The minimum Gasteiger partial charge on any atom is -0.353 e. The summed E-state index contributed by atoms with van der Waals surface area (Å²) in [5.74, 6) is -0.518. The highest BCUT2D eigenvalue weighted by Gasteiger charge is 2.36. The Morgan fingerprint density at radius 2 is 2.00 bits per heavy atom. The molecule has 1 amide bonds. The topological polar surface area (TPSA) is 51.7 Å². The summed E-state index contributed by atoms with van der Waals surface area (Å²) in [6.45, 7) is 1.27. The first kappa shape index (κ1) is 13.0. The first-order valence-corrected chi connectivity index (χ1v) is 6.00. The molecule has 1 aromatic heterocycles. The molecule has 0 atom stereocenters. The Morgan fingerprint density at radius 3 is 2.50 bits per heavy atom. The van der Waals surface area contributed by atoms with Gasteiger partial charge in [-0.05, 0) is 12.1 Å². The smallest absolute Gasteiger partial charge is 0.255 e. The molecule has 0 aliphatic carbocycles. The van der Waals surface area contributed by atoms with E-state index in [0.29, 0.717) is 31.5 Å². The van der Waals surface area contributed by atoms with Crippen LogP contribution in [0.4, 0.5) is 0 Å². The number of pyridine rings is 1. The molecule has 2 rings (SSSR count). The second-order valence-electron chi connectivity index (χ2n) is 4.35. The fourth-order valence-corrected chi connectivity index (χ4v) is 2.21. The molecule has 0 radical (unpaired) electrons. The zero-order chi connectivity index (χ0) is 13.0. The second-order valence-corrected chi connectivity index (χ2v) is 4.35. The van der Waals surface area contributed by atoms with E-state index in [9.17, 15) is 4.79 Å². The summed E-state index contributed by atoms with van der Waals surface area (Å²) in [5, 5.41) is 0. The number of hydrogen-bond donors (Lipinski definition) is 0. The number of ether oxygens (including phenoxy) is 2. The summed E-state index contributed by atoms with van der Waals surface area (Å²) in [4.78, 5) is 18.0. The lowest BCUT2D eigenvalue weighted by Gasteiger charge is -2.39. The molecule has 5 nitrogen and oxygen atoms in total. The zero-order valence-corrected chi connectivity index (χ0v) is 10.8. The number of likely N-dealkylation sites (tertiary alicyclic amines) is 1. The lowest BCUT2D eigenvalue weighted by molar-refractivity contribution is -0.226. The predicted molar refractivity (Wildman–Crippen MR) is 66.1 cm³/mol. The van der Waals surface area contributed by atoms with Crippen LogP contribution in [-0.4, -0.2) is 48.9 Å². The summed E-state index contributed by atoms with van der Waals surface area (Å²) in [6.07, 6.45) is 4.63. The van der Waals surface area contributed by atoms with Gasteiger partial charge in [-0.1, -0.05) is 0 Å². The Balaban J connectivity index is 2.00. The molecular weight excluding hydrogens is 232 g/mol. The highest BCUT2D eigenvalue weighted by molar-refractivity contribution is 5.93. The second kappa shape index (κ2) is 5.46. The third kappa shape index (κ3) is 2.52. The molecular formula is C13H18N2O3. The molecule has 0 saturated carbocycles. The van der Waals surface area contributed by atoms with E-state index >= 15 is 0 Å².